The van der Waals surface area contributed by atoms with Crippen molar-refractivity contribution < 1.29 is 14.4 Å². The van der Waals surface area contributed by atoms with Gasteiger partial charge in [-0.1, -0.05) is 29.8 Å². The summed E-state index contributed by atoms with van der Waals surface area (Å²) in [7, 11) is 0. The number of imide groups is 1. The summed E-state index contributed by atoms with van der Waals surface area (Å²) in [4.78, 5) is 44.5. The van der Waals surface area contributed by atoms with Gasteiger partial charge >= 0.3 is 0 Å². The molecule has 4 atom stereocenters. The molecule has 1 aromatic carbocycles. The van der Waals surface area contributed by atoms with Gasteiger partial charge in [0.25, 0.3) is 0 Å². The number of halogens is 1. The fourth-order valence-electron chi connectivity index (χ4n) is 5.07. The third-order valence-electron chi connectivity index (χ3n) is 6.17. The summed E-state index contributed by atoms with van der Waals surface area (Å²) in [5.74, 6) is -1.86. The number of carbonyl (C=O) groups is 3. The van der Waals surface area contributed by atoms with Crippen molar-refractivity contribution in [3.63, 3.8) is 0 Å². The van der Waals surface area contributed by atoms with E-state index < -0.39 is 23.4 Å². The van der Waals surface area contributed by atoms with Gasteiger partial charge in [-0.05, 0) is 56.0 Å². The van der Waals surface area contributed by atoms with Crippen molar-refractivity contribution in [1.29, 1.82) is 0 Å². The quantitative estimate of drug-likeness (QED) is 0.517. The van der Waals surface area contributed by atoms with Crippen molar-refractivity contribution in [2.45, 2.75) is 38.4 Å². The van der Waals surface area contributed by atoms with Crippen LogP contribution in [0.15, 0.2) is 41.8 Å². The Morgan fingerprint density at radius 3 is 2.50 bits per heavy atom. The van der Waals surface area contributed by atoms with Crippen LogP contribution in [0.25, 0.3) is 6.08 Å². The van der Waals surface area contributed by atoms with Gasteiger partial charge < -0.3 is 4.90 Å². The van der Waals surface area contributed by atoms with Crippen molar-refractivity contribution in [2.75, 3.05) is 4.90 Å². The predicted molar refractivity (Wildman–Crippen MR) is 118 cm³/mol. The van der Waals surface area contributed by atoms with Crippen LogP contribution in [0.5, 0.6) is 0 Å². The summed E-state index contributed by atoms with van der Waals surface area (Å²) < 4.78 is 0. The standard InChI is InChI=1S/C23H21ClN2O3S/c1-23(2,3)26-21(28)17-15-8-6-12-11-13(24)7-9-14(12)25(15)19(18(17)22(26)29)20(27)16-5-4-10-30-16/h4-11,15,17-19H,1-3H3/t15-,17-,18+,19-/m0/s1. The third-order valence-corrected chi connectivity index (χ3v) is 7.29. The van der Waals surface area contributed by atoms with Gasteiger partial charge in [-0.25, -0.2) is 0 Å². The van der Waals surface area contributed by atoms with Crippen LogP contribution in [-0.2, 0) is 9.59 Å². The predicted octanol–water partition coefficient (Wildman–Crippen LogP) is 4.27. The van der Waals surface area contributed by atoms with Crippen LogP contribution in [0.1, 0.15) is 36.0 Å². The van der Waals surface area contributed by atoms with E-state index in [-0.39, 0.29) is 23.6 Å². The maximum Gasteiger partial charge on any atom is 0.236 e. The van der Waals surface area contributed by atoms with Crippen molar-refractivity contribution in [2.24, 2.45) is 11.8 Å². The Bertz CT molecular complexity index is 1100. The third kappa shape index (κ3) is 2.63. The second kappa shape index (κ2) is 6.53. The molecule has 2 aromatic rings. The lowest BCUT2D eigenvalue weighted by Gasteiger charge is -2.38. The molecule has 0 bridgehead atoms. The first-order valence-electron chi connectivity index (χ1n) is 9.92. The number of rotatable bonds is 2. The second-order valence-corrected chi connectivity index (χ2v) is 10.4. The molecule has 30 heavy (non-hydrogen) atoms. The van der Waals surface area contributed by atoms with E-state index in [1.807, 2.05) is 61.4 Å². The topological polar surface area (TPSA) is 57.7 Å². The molecule has 0 N–H and O–H groups in total. The molecule has 3 aliphatic heterocycles. The van der Waals surface area contributed by atoms with Gasteiger partial charge in [0.2, 0.25) is 11.8 Å². The highest BCUT2D eigenvalue weighted by molar-refractivity contribution is 7.12. The molecular weight excluding hydrogens is 420 g/mol. The number of nitrogens with zero attached hydrogens (tertiary/aromatic N) is 2. The lowest BCUT2D eigenvalue weighted by Crippen LogP contribution is -2.52. The number of amides is 2. The van der Waals surface area contributed by atoms with Gasteiger partial charge in [0.1, 0.15) is 6.04 Å². The Morgan fingerprint density at radius 2 is 1.83 bits per heavy atom. The zero-order valence-electron chi connectivity index (χ0n) is 16.8. The van der Waals surface area contributed by atoms with Crippen molar-refractivity contribution in [3.05, 3.63) is 57.3 Å². The molecule has 0 aliphatic carbocycles. The monoisotopic (exact) mass is 440 g/mol. The van der Waals surface area contributed by atoms with Crippen molar-refractivity contribution >= 4 is 52.3 Å². The lowest BCUT2D eigenvalue weighted by molar-refractivity contribution is -0.145. The highest BCUT2D eigenvalue weighted by Gasteiger charge is 2.65. The van der Waals surface area contributed by atoms with Gasteiger partial charge in [0.15, 0.2) is 5.78 Å². The molecule has 0 unspecified atom stereocenters. The van der Waals surface area contributed by atoms with E-state index in [9.17, 15) is 14.4 Å². The number of carbonyl (C=O) groups excluding carboxylic acids is 3. The molecular formula is C23H21ClN2O3S. The number of Topliss-reactive ketones (excluding diaryl/α,β-unsaturated/α-hetero) is 1. The summed E-state index contributed by atoms with van der Waals surface area (Å²) in [5, 5.41) is 2.45. The van der Waals surface area contributed by atoms with E-state index >= 15 is 0 Å². The van der Waals surface area contributed by atoms with E-state index in [2.05, 4.69) is 0 Å². The molecule has 2 amide bonds. The normalized spacial score (nSPS) is 27.3. The average molecular weight is 441 g/mol. The van der Waals surface area contributed by atoms with E-state index in [0.29, 0.717) is 9.90 Å². The molecule has 3 aliphatic rings. The first kappa shape index (κ1) is 19.5. The minimum atomic E-state index is -0.729. The molecule has 4 heterocycles. The maximum absolute atomic E-state index is 13.6. The van der Waals surface area contributed by atoms with Gasteiger partial charge in [-0.15, -0.1) is 11.3 Å². The van der Waals surface area contributed by atoms with Crippen LogP contribution >= 0.6 is 22.9 Å². The van der Waals surface area contributed by atoms with E-state index in [1.54, 1.807) is 12.1 Å². The van der Waals surface area contributed by atoms with Crippen LogP contribution in [0, 0.1) is 11.8 Å². The minimum absolute atomic E-state index is 0.115. The lowest BCUT2D eigenvalue weighted by atomic mass is 9.87. The average Bonchev–Trinajstić information content (AvgIpc) is 3.37. The summed E-state index contributed by atoms with van der Waals surface area (Å²) in [6.45, 7) is 5.56. The zero-order valence-corrected chi connectivity index (χ0v) is 18.4. The largest absolute Gasteiger partial charge is 0.352 e. The van der Waals surface area contributed by atoms with Gasteiger partial charge in [0.05, 0.1) is 22.8 Å². The highest BCUT2D eigenvalue weighted by Crippen LogP contribution is 2.50. The summed E-state index contributed by atoms with van der Waals surface area (Å²) in [6.07, 6.45) is 3.88. The van der Waals surface area contributed by atoms with Gasteiger partial charge in [-0.2, -0.15) is 0 Å². The van der Waals surface area contributed by atoms with Crippen LogP contribution in [0.2, 0.25) is 5.02 Å². The molecule has 2 saturated heterocycles. The molecule has 0 saturated carbocycles. The second-order valence-electron chi connectivity index (χ2n) is 8.98. The first-order chi connectivity index (χ1) is 14.2. The summed E-state index contributed by atoms with van der Waals surface area (Å²) >= 11 is 7.54. The van der Waals surface area contributed by atoms with Crippen molar-refractivity contribution in [1.82, 2.24) is 4.90 Å². The Labute approximate surface area is 183 Å². The van der Waals surface area contributed by atoms with Gasteiger partial charge in [-0.3, -0.25) is 19.3 Å². The van der Waals surface area contributed by atoms with Crippen LogP contribution < -0.4 is 4.90 Å². The summed E-state index contributed by atoms with van der Waals surface area (Å²) in [5.41, 5.74) is 1.08. The zero-order chi connectivity index (χ0) is 21.4. The molecule has 0 spiro atoms. The molecule has 154 valence electrons. The number of thiophene rings is 1. The SMILES string of the molecule is CC(C)(C)N1C(=O)[C@@H]2[C@@H](C1=O)[C@@H]1C=Cc3cc(Cl)ccc3N1[C@@H]2C(=O)c1cccs1. The van der Waals surface area contributed by atoms with Crippen molar-refractivity contribution in [3.8, 4) is 0 Å². The Morgan fingerprint density at radius 1 is 1.10 bits per heavy atom. The number of anilines is 1. The molecule has 5 nitrogen and oxygen atoms in total. The number of hydrogen-bond donors (Lipinski definition) is 0. The van der Waals surface area contributed by atoms with Gasteiger partial charge in [0, 0.05) is 16.2 Å². The van der Waals surface area contributed by atoms with Crippen LogP contribution in [0.4, 0.5) is 5.69 Å². The van der Waals surface area contributed by atoms with Crippen LogP contribution in [0.3, 0.4) is 0 Å². The fraction of sp³-hybridized carbons (Fsp3) is 0.348. The van der Waals surface area contributed by atoms with E-state index in [0.717, 1.165) is 11.3 Å². The highest BCUT2D eigenvalue weighted by atomic mass is 35.5. The fourth-order valence-corrected chi connectivity index (χ4v) is 5.95. The maximum atomic E-state index is 13.6. The Balaban J connectivity index is 1.68. The minimum Gasteiger partial charge on any atom is -0.352 e. The number of fused-ring (bicyclic) bond motifs is 5. The molecule has 0 radical (unpaired) electrons. The Kier molecular flexibility index (Phi) is 4.25. The number of benzene rings is 1. The number of likely N-dealkylation sites (tertiary alicyclic amines) is 1. The molecule has 1 aromatic heterocycles. The summed E-state index contributed by atoms with van der Waals surface area (Å²) in [6, 6.07) is 8.03. The Hall–Kier alpha value is -2.44. The van der Waals surface area contributed by atoms with E-state index in [4.69, 9.17) is 11.6 Å². The molecule has 5 rings (SSSR count). The van der Waals surface area contributed by atoms with E-state index in [1.165, 1.54) is 16.2 Å². The number of hydrogen-bond acceptors (Lipinski definition) is 5. The van der Waals surface area contributed by atoms with Crippen LogP contribution in [-0.4, -0.2) is 40.1 Å². The molecule has 7 heteroatoms. The smallest absolute Gasteiger partial charge is 0.236 e. The molecule has 2 fully saturated rings. The first-order valence-corrected chi connectivity index (χ1v) is 11.2. The number of ketones is 1.